The maximum absolute atomic E-state index is 13.2. The van der Waals surface area contributed by atoms with Crippen molar-refractivity contribution in [3.63, 3.8) is 0 Å². The first kappa shape index (κ1) is 50.7. The molecule has 8 unspecified atom stereocenters. The molecule has 0 aromatic heterocycles. The molecule has 0 aromatic carbocycles. The van der Waals surface area contributed by atoms with Crippen molar-refractivity contribution in [1.29, 1.82) is 0 Å². The number of carbonyl (C=O) groups excluding carboxylic acids is 1. The van der Waals surface area contributed by atoms with Gasteiger partial charge in [-0.1, -0.05) is 82.4 Å². The number of Topliss-reactive ketones (excluding diaryl/α,β-unsaturated/α-hetero) is 1. The van der Waals surface area contributed by atoms with Crippen LogP contribution in [0, 0.1) is 79.8 Å². The number of ketones is 1. The molecule has 4 heterocycles. The molecule has 0 aromatic rings. The first-order valence-corrected chi connectivity index (χ1v) is 29.2. The minimum absolute atomic E-state index is 0.0325. The zero-order valence-corrected chi connectivity index (χ0v) is 45.5. The first-order chi connectivity index (χ1) is 32.4. The molecule has 4 saturated heterocycles. The monoisotopic (exact) mass is 993 g/mol. The number of aliphatic hydroxyl groups excluding tert-OH is 2. The van der Waals surface area contributed by atoms with Crippen LogP contribution in [-0.2, 0) is 33.6 Å². The van der Waals surface area contributed by atoms with E-state index in [2.05, 4.69) is 61.5 Å². The molecule has 12 aliphatic rings. The van der Waals surface area contributed by atoms with Crippen LogP contribution in [0.5, 0.6) is 0 Å². The Morgan fingerprint density at radius 1 is 0.843 bits per heavy atom. The molecule has 70 heavy (non-hydrogen) atoms. The Hall–Kier alpha value is -1.48. The fraction of sp³-hybridized carbons (Fsp3) is 0.879. The fourth-order valence-electron chi connectivity index (χ4n) is 21.0. The van der Waals surface area contributed by atoms with Gasteiger partial charge in [-0.05, 0) is 190 Å². The zero-order valence-electron chi connectivity index (χ0n) is 44.7. The summed E-state index contributed by atoms with van der Waals surface area (Å²) in [5.74, 6) is 0.509. The Balaban J connectivity index is 0.828. The van der Waals surface area contributed by atoms with Crippen LogP contribution in [0.1, 0.15) is 186 Å². The van der Waals surface area contributed by atoms with Crippen molar-refractivity contribution in [3.05, 3.63) is 33.9 Å². The molecule has 1 spiro atoms. The smallest absolute Gasteiger partial charge is 0.387 e. The third-order valence-electron chi connectivity index (χ3n) is 24.2. The quantitative estimate of drug-likeness (QED) is 0.135. The molecule has 4 N–H and O–H groups in total. The van der Waals surface area contributed by atoms with Crippen molar-refractivity contribution in [2.45, 2.75) is 233 Å². The number of hydrogen-bond donors (Lipinski definition) is 4. The molecule has 392 valence electrons. The highest BCUT2D eigenvalue weighted by Crippen LogP contribution is 2.73. The van der Waals surface area contributed by atoms with Crippen molar-refractivity contribution in [3.8, 4) is 0 Å². The van der Waals surface area contributed by atoms with Crippen molar-refractivity contribution in [1.82, 2.24) is 0 Å². The lowest BCUT2D eigenvalue weighted by atomic mass is 9.42. The van der Waals surface area contributed by atoms with E-state index in [0.717, 1.165) is 70.6 Å². The third kappa shape index (κ3) is 6.83. The van der Waals surface area contributed by atoms with E-state index in [1.54, 1.807) is 5.57 Å². The Labute approximate surface area is 419 Å². The average Bonchev–Trinajstić information content (AvgIpc) is 3.84. The number of allylic oxidation sites excluding steroid dienone is 4. The van der Waals surface area contributed by atoms with E-state index in [4.69, 9.17) is 18.4 Å². The number of rotatable bonds is 8. The molecule has 0 radical (unpaired) electrons. The highest BCUT2D eigenvalue weighted by molar-refractivity contribution is 7.80. The summed E-state index contributed by atoms with van der Waals surface area (Å²) in [5.41, 5.74) is 3.71. The van der Waals surface area contributed by atoms with E-state index >= 15 is 0 Å². The molecule has 12 rings (SSSR count). The van der Waals surface area contributed by atoms with Crippen LogP contribution in [0.2, 0.25) is 0 Å². The summed E-state index contributed by atoms with van der Waals surface area (Å²) in [4.78, 5) is 13.2. The third-order valence-corrected chi connectivity index (χ3v) is 24.7. The van der Waals surface area contributed by atoms with Gasteiger partial charge >= 0.3 is 10.4 Å². The van der Waals surface area contributed by atoms with Gasteiger partial charge in [-0.2, -0.15) is 8.42 Å². The standard InChI is InChI=1S/C58H88O11S/c1-31(36-15-17-38-34-14-19-45-50(3,4)49(61)42(59)28-55(45,11)40(34)21-23-53(36,38)9)13-20-47-56(12)27-33(52(7,8)69-56)25-43(67-47)32(2)37-16-18-39-35-26-44(68-70(63,64)65)48-51(5,6)58(62)46(60)29-57(48,30-66-58)41(35)22-24-54(37,39)10/h19,31-33,36-39,42-44,46-48,59-60,62H,13-18,20-30H2,1-12H3,(H,63,64,65)/t31-,32+,33-,36-,37?,38?,39?,42?,43-,44?,46?,47+,48?,53-,54-,55-,56-,57+,58?/m1/s1. The highest BCUT2D eigenvalue weighted by atomic mass is 32.3. The van der Waals surface area contributed by atoms with Crippen molar-refractivity contribution >= 4 is 16.2 Å². The summed E-state index contributed by atoms with van der Waals surface area (Å²) >= 11 is 0. The van der Waals surface area contributed by atoms with Gasteiger partial charge < -0.3 is 29.5 Å². The number of ether oxygens (including phenoxy) is 3. The molecule has 19 atom stereocenters. The molecule has 8 aliphatic carbocycles. The van der Waals surface area contributed by atoms with Crippen LogP contribution in [-0.4, -0.2) is 88.2 Å². The Kier molecular flexibility index (Phi) is 11.4. The van der Waals surface area contributed by atoms with E-state index in [1.807, 2.05) is 27.7 Å². The molecule has 4 bridgehead atoms. The first-order valence-electron chi connectivity index (χ1n) is 27.8. The van der Waals surface area contributed by atoms with E-state index in [-0.39, 0.29) is 70.3 Å². The second kappa shape index (κ2) is 15.8. The summed E-state index contributed by atoms with van der Waals surface area (Å²) in [6.07, 6.45) is 14.0. The summed E-state index contributed by atoms with van der Waals surface area (Å²) in [6, 6.07) is 0. The lowest BCUT2D eigenvalue weighted by Crippen LogP contribution is -2.76. The number of aliphatic hydroxyl groups is 3. The maximum atomic E-state index is 13.2. The zero-order chi connectivity index (χ0) is 50.5. The summed E-state index contributed by atoms with van der Waals surface area (Å²) < 4.78 is 61.9. The SMILES string of the molecule is C[C@H](CC[C@@H]1O[C@@H]([C@@H](C)C2CCC3C4=C(CC[C@@]32C)[C@@]23COC(O)(C(O)C2)C(C)(C)C3C(OS(=O)(=O)O)C4)C[C@@H]2C[C@@]1(C)OC2(C)C)[C@H]1CCC2C3=C(CC[C@@]21C)[C@@]1(C)CC(O)C(=O)C(C)(C)C1=CC3. The summed E-state index contributed by atoms with van der Waals surface area (Å²) in [6.45, 7) is 27.1. The fourth-order valence-corrected chi connectivity index (χ4v) is 21.5. The van der Waals surface area contributed by atoms with Crippen molar-refractivity contribution < 1.29 is 51.5 Å². The van der Waals surface area contributed by atoms with E-state index in [1.165, 1.54) is 35.1 Å². The Bertz CT molecular complexity index is 2420. The van der Waals surface area contributed by atoms with Crippen LogP contribution in [0.3, 0.4) is 0 Å². The molecule has 11 nitrogen and oxygen atoms in total. The molecule has 12 heteroatoms. The van der Waals surface area contributed by atoms with E-state index in [9.17, 15) is 33.1 Å². The van der Waals surface area contributed by atoms with E-state index < -0.39 is 56.7 Å². The second-order valence-electron chi connectivity index (χ2n) is 28.4. The van der Waals surface area contributed by atoms with Gasteiger partial charge in [0, 0.05) is 27.6 Å². The minimum Gasteiger partial charge on any atom is -0.387 e. The Morgan fingerprint density at radius 2 is 1.49 bits per heavy atom. The lowest BCUT2D eigenvalue weighted by molar-refractivity contribution is -0.408. The minimum atomic E-state index is -4.81. The topological polar surface area (TPSA) is 169 Å². The molecular weight excluding hydrogens is 905 g/mol. The van der Waals surface area contributed by atoms with Crippen molar-refractivity contribution in [2.24, 2.45) is 79.8 Å². The van der Waals surface area contributed by atoms with Crippen LogP contribution in [0.25, 0.3) is 0 Å². The highest BCUT2D eigenvalue weighted by Gasteiger charge is 2.74. The van der Waals surface area contributed by atoms with Gasteiger partial charge in [0.05, 0.1) is 36.1 Å². The average molecular weight is 993 g/mol. The molecule has 4 saturated carbocycles. The van der Waals surface area contributed by atoms with Crippen LogP contribution in [0.15, 0.2) is 33.9 Å². The van der Waals surface area contributed by atoms with Gasteiger partial charge in [-0.15, -0.1) is 0 Å². The number of hydrogen-bond acceptors (Lipinski definition) is 10. The number of fused-ring (bicyclic) bond motifs is 10. The van der Waals surface area contributed by atoms with Gasteiger partial charge in [0.1, 0.15) is 12.2 Å². The summed E-state index contributed by atoms with van der Waals surface area (Å²) in [7, 11) is -4.81. The molecule has 8 fully saturated rings. The van der Waals surface area contributed by atoms with Crippen LogP contribution < -0.4 is 0 Å². The Morgan fingerprint density at radius 3 is 2.16 bits per heavy atom. The van der Waals surface area contributed by atoms with Gasteiger partial charge in [-0.25, -0.2) is 4.18 Å². The van der Waals surface area contributed by atoms with Crippen LogP contribution >= 0.6 is 0 Å². The normalized spacial score (nSPS) is 50.5. The number of carbonyl (C=O) groups is 1. The molecule has 4 aliphatic heterocycles. The largest absolute Gasteiger partial charge is 0.397 e. The predicted octanol–water partition coefficient (Wildman–Crippen LogP) is 10.4. The second-order valence-corrected chi connectivity index (χ2v) is 29.5. The lowest BCUT2D eigenvalue weighted by Gasteiger charge is -2.69. The molecular formula is C58H88O11S. The van der Waals surface area contributed by atoms with E-state index in [0.29, 0.717) is 42.4 Å². The van der Waals surface area contributed by atoms with Gasteiger partial charge in [0.2, 0.25) is 0 Å². The molecule has 0 amide bonds. The van der Waals surface area contributed by atoms with Gasteiger partial charge in [0.15, 0.2) is 11.6 Å². The van der Waals surface area contributed by atoms with Gasteiger partial charge in [0.25, 0.3) is 0 Å². The van der Waals surface area contributed by atoms with Gasteiger partial charge in [-0.3, -0.25) is 9.35 Å². The van der Waals surface area contributed by atoms with Crippen LogP contribution in [0.4, 0.5) is 0 Å². The van der Waals surface area contributed by atoms with Crippen molar-refractivity contribution in [2.75, 3.05) is 6.61 Å². The summed E-state index contributed by atoms with van der Waals surface area (Å²) in [5, 5.41) is 34.4. The predicted molar refractivity (Wildman–Crippen MR) is 266 cm³/mol. The maximum Gasteiger partial charge on any atom is 0.397 e.